The first-order valence-corrected chi connectivity index (χ1v) is 9.30. The van der Waals surface area contributed by atoms with Crippen molar-refractivity contribution < 1.29 is 14.3 Å². The van der Waals surface area contributed by atoms with Gasteiger partial charge in [0.2, 0.25) is 0 Å². The molecule has 0 atom stereocenters. The number of likely N-dealkylation sites (tertiary alicyclic amines) is 1. The van der Waals surface area contributed by atoms with Gasteiger partial charge in [-0.3, -0.25) is 4.79 Å². The number of halogens is 1. The first kappa shape index (κ1) is 19.7. The SMILES string of the molecule is CN(CC1CCN(C(=O)OC(C)(C)C)CC1)C(=O)c1ccc(Br)nc1. The standard InChI is InChI=1S/C18H26BrN3O3/c1-18(2,3)25-17(24)22-9-7-13(8-10-22)12-21(4)16(23)14-5-6-15(19)20-11-14/h5-6,11,13H,7-10,12H2,1-4H3. The Balaban J connectivity index is 1.82. The van der Waals surface area contributed by atoms with Gasteiger partial charge in [-0.1, -0.05) is 0 Å². The molecule has 2 rings (SSSR count). The van der Waals surface area contributed by atoms with Gasteiger partial charge in [0.15, 0.2) is 0 Å². The van der Waals surface area contributed by atoms with Gasteiger partial charge in [0.1, 0.15) is 10.2 Å². The van der Waals surface area contributed by atoms with Gasteiger partial charge in [-0.05, 0) is 67.6 Å². The molecule has 0 N–H and O–H groups in total. The number of nitrogens with zero attached hydrogens (tertiary/aromatic N) is 3. The van der Waals surface area contributed by atoms with Crippen LogP contribution in [0.1, 0.15) is 44.0 Å². The zero-order valence-corrected chi connectivity index (χ0v) is 16.9. The van der Waals surface area contributed by atoms with E-state index in [1.165, 1.54) is 0 Å². The lowest BCUT2D eigenvalue weighted by molar-refractivity contribution is 0.0171. The summed E-state index contributed by atoms with van der Waals surface area (Å²) >= 11 is 3.27. The zero-order chi connectivity index (χ0) is 18.6. The molecule has 0 aromatic carbocycles. The van der Waals surface area contributed by atoms with E-state index in [4.69, 9.17) is 4.74 Å². The number of aromatic nitrogens is 1. The monoisotopic (exact) mass is 411 g/mol. The van der Waals surface area contributed by atoms with Crippen LogP contribution in [0.3, 0.4) is 0 Å². The Bertz CT molecular complexity index is 605. The zero-order valence-electron chi connectivity index (χ0n) is 15.3. The first-order valence-electron chi connectivity index (χ1n) is 8.50. The Morgan fingerprint density at radius 2 is 1.96 bits per heavy atom. The van der Waals surface area contributed by atoms with Crippen LogP contribution in [0.4, 0.5) is 4.79 Å². The summed E-state index contributed by atoms with van der Waals surface area (Å²) in [5.74, 6) is 0.352. The molecule has 1 saturated heterocycles. The molecule has 1 aliphatic heterocycles. The van der Waals surface area contributed by atoms with Gasteiger partial charge >= 0.3 is 6.09 Å². The fraction of sp³-hybridized carbons (Fsp3) is 0.611. The highest BCUT2D eigenvalue weighted by atomic mass is 79.9. The van der Waals surface area contributed by atoms with E-state index in [0.717, 1.165) is 12.8 Å². The number of amides is 2. The fourth-order valence-corrected chi connectivity index (χ4v) is 3.05. The quantitative estimate of drug-likeness (QED) is 0.713. The molecule has 1 aromatic heterocycles. The van der Waals surface area contributed by atoms with Crippen molar-refractivity contribution in [3.8, 4) is 0 Å². The number of carbonyl (C=O) groups is 2. The fourth-order valence-electron chi connectivity index (χ4n) is 2.82. The van der Waals surface area contributed by atoms with Crippen LogP contribution in [0, 0.1) is 5.92 Å². The second-order valence-electron chi connectivity index (χ2n) is 7.47. The van der Waals surface area contributed by atoms with E-state index in [-0.39, 0.29) is 12.0 Å². The van der Waals surface area contributed by atoms with E-state index in [2.05, 4.69) is 20.9 Å². The van der Waals surface area contributed by atoms with E-state index < -0.39 is 5.60 Å². The lowest BCUT2D eigenvalue weighted by Crippen LogP contribution is -2.44. The largest absolute Gasteiger partial charge is 0.444 e. The van der Waals surface area contributed by atoms with Crippen molar-refractivity contribution >= 4 is 27.9 Å². The third kappa shape index (κ3) is 5.99. The number of piperidine rings is 1. The molecule has 0 bridgehead atoms. The molecule has 7 heteroatoms. The van der Waals surface area contributed by atoms with E-state index in [0.29, 0.717) is 35.7 Å². The van der Waals surface area contributed by atoms with Crippen LogP contribution < -0.4 is 0 Å². The maximum atomic E-state index is 12.4. The number of pyridine rings is 1. The molecule has 0 unspecified atom stereocenters. The summed E-state index contributed by atoms with van der Waals surface area (Å²) in [6.07, 6.45) is 3.06. The topological polar surface area (TPSA) is 62.7 Å². The van der Waals surface area contributed by atoms with E-state index in [1.807, 2.05) is 27.8 Å². The minimum atomic E-state index is -0.473. The van der Waals surface area contributed by atoms with E-state index >= 15 is 0 Å². The Hall–Kier alpha value is -1.63. The summed E-state index contributed by atoms with van der Waals surface area (Å²) in [7, 11) is 1.81. The number of hydrogen-bond acceptors (Lipinski definition) is 4. The molecule has 2 heterocycles. The van der Waals surface area contributed by atoms with Gasteiger partial charge < -0.3 is 14.5 Å². The van der Waals surface area contributed by atoms with Gasteiger partial charge in [0.05, 0.1) is 5.56 Å². The van der Waals surface area contributed by atoms with Crippen molar-refractivity contribution in [1.82, 2.24) is 14.8 Å². The number of rotatable bonds is 3. The van der Waals surface area contributed by atoms with Gasteiger partial charge in [0, 0.05) is 32.9 Å². The second-order valence-corrected chi connectivity index (χ2v) is 8.28. The molecule has 0 radical (unpaired) electrons. The summed E-state index contributed by atoms with van der Waals surface area (Å²) < 4.78 is 6.12. The summed E-state index contributed by atoms with van der Waals surface area (Å²) in [6.45, 7) is 7.62. The third-order valence-corrected chi connectivity index (χ3v) is 4.59. The molecule has 1 fully saturated rings. The highest BCUT2D eigenvalue weighted by Gasteiger charge is 2.28. The Morgan fingerprint density at radius 3 is 2.48 bits per heavy atom. The maximum absolute atomic E-state index is 12.4. The van der Waals surface area contributed by atoms with Crippen molar-refractivity contribution in [1.29, 1.82) is 0 Å². The lowest BCUT2D eigenvalue weighted by Gasteiger charge is -2.34. The lowest BCUT2D eigenvalue weighted by atomic mass is 9.96. The molecular weight excluding hydrogens is 386 g/mol. The summed E-state index contributed by atoms with van der Waals surface area (Å²) in [4.78, 5) is 32.1. The Morgan fingerprint density at radius 1 is 1.32 bits per heavy atom. The highest BCUT2D eigenvalue weighted by Crippen LogP contribution is 2.21. The second kappa shape index (κ2) is 8.17. The summed E-state index contributed by atoms with van der Waals surface area (Å²) in [6, 6.07) is 3.53. The molecule has 1 aliphatic rings. The third-order valence-electron chi connectivity index (χ3n) is 4.12. The van der Waals surface area contributed by atoms with Gasteiger partial charge in [-0.2, -0.15) is 0 Å². The van der Waals surface area contributed by atoms with Crippen molar-refractivity contribution in [3.05, 3.63) is 28.5 Å². The number of ether oxygens (including phenoxy) is 1. The predicted octanol–water partition coefficient (Wildman–Crippen LogP) is 3.56. The Labute approximate surface area is 157 Å². The number of carbonyl (C=O) groups excluding carboxylic acids is 2. The molecule has 6 nitrogen and oxygen atoms in total. The summed E-state index contributed by atoms with van der Waals surface area (Å²) in [5.41, 5.74) is 0.108. The molecule has 0 aliphatic carbocycles. The minimum absolute atomic E-state index is 0.0328. The van der Waals surface area contributed by atoms with Crippen molar-refractivity contribution in [3.63, 3.8) is 0 Å². The average Bonchev–Trinajstić information content (AvgIpc) is 2.54. The maximum Gasteiger partial charge on any atom is 0.410 e. The molecule has 2 amide bonds. The van der Waals surface area contributed by atoms with Crippen LogP contribution in [0.2, 0.25) is 0 Å². The summed E-state index contributed by atoms with van der Waals surface area (Å²) in [5, 5.41) is 0. The van der Waals surface area contributed by atoms with Gasteiger partial charge in [-0.15, -0.1) is 0 Å². The van der Waals surface area contributed by atoms with Gasteiger partial charge in [-0.25, -0.2) is 9.78 Å². The van der Waals surface area contributed by atoms with Crippen molar-refractivity contribution in [2.24, 2.45) is 5.92 Å². The van der Waals surface area contributed by atoms with Crippen LogP contribution in [-0.2, 0) is 4.74 Å². The molecule has 25 heavy (non-hydrogen) atoms. The van der Waals surface area contributed by atoms with Crippen LogP contribution in [0.15, 0.2) is 22.9 Å². The number of hydrogen-bond donors (Lipinski definition) is 0. The normalized spacial score (nSPS) is 15.8. The van der Waals surface area contributed by atoms with Crippen LogP contribution >= 0.6 is 15.9 Å². The van der Waals surface area contributed by atoms with Gasteiger partial charge in [0.25, 0.3) is 5.91 Å². The van der Waals surface area contributed by atoms with Crippen molar-refractivity contribution in [2.75, 3.05) is 26.7 Å². The predicted molar refractivity (Wildman–Crippen MR) is 99.4 cm³/mol. The smallest absolute Gasteiger partial charge is 0.410 e. The minimum Gasteiger partial charge on any atom is -0.444 e. The molecule has 0 spiro atoms. The van der Waals surface area contributed by atoms with Crippen molar-refractivity contribution in [2.45, 2.75) is 39.2 Å². The molecular formula is C18H26BrN3O3. The van der Waals surface area contributed by atoms with Crippen LogP contribution in [-0.4, -0.2) is 59.1 Å². The van der Waals surface area contributed by atoms with E-state index in [9.17, 15) is 9.59 Å². The van der Waals surface area contributed by atoms with E-state index in [1.54, 1.807) is 28.1 Å². The highest BCUT2D eigenvalue weighted by molar-refractivity contribution is 9.10. The molecule has 138 valence electrons. The van der Waals surface area contributed by atoms with Crippen LogP contribution in [0.25, 0.3) is 0 Å². The Kier molecular flexibility index (Phi) is 6.43. The van der Waals surface area contributed by atoms with Crippen LogP contribution in [0.5, 0.6) is 0 Å². The average molecular weight is 412 g/mol. The molecule has 0 saturated carbocycles. The molecule has 1 aromatic rings. The first-order chi connectivity index (χ1) is 11.7.